The molecular formula is C23H26FN3O2. The number of piperidine rings is 1. The van der Waals surface area contributed by atoms with E-state index in [1.54, 1.807) is 23.1 Å². The maximum atomic E-state index is 13.0. The van der Waals surface area contributed by atoms with E-state index in [0.717, 1.165) is 29.7 Å². The van der Waals surface area contributed by atoms with Gasteiger partial charge in [0.25, 0.3) is 0 Å². The topological polar surface area (TPSA) is 61.4 Å². The normalized spacial score (nSPS) is 16.6. The average molecular weight is 395 g/mol. The third-order valence-corrected chi connectivity index (χ3v) is 4.98. The molecule has 1 atom stereocenters. The van der Waals surface area contributed by atoms with E-state index in [0.29, 0.717) is 19.6 Å². The number of likely N-dealkylation sites (tertiary alicyclic amines) is 1. The molecule has 1 aliphatic heterocycles. The van der Waals surface area contributed by atoms with Crippen molar-refractivity contribution in [3.8, 4) is 0 Å². The van der Waals surface area contributed by atoms with E-state index in [9.17, 15) is 14.0 Å². The van der Waals surface area contributed by atoms with Crippen molar-refractivity contribution >= 4 is 23.7 Å². The van der Waals surface area contributed by atoms with Crippen LogP contribution in [-0.2, 0) is 4.79 Å². The van der Waals surface area contributed by atoms with Crippen LogP contribution in [0.25, 0.3) is 6.08 Å². The summed E-state index contributed by atoms with van der Waals surface area (Å²) in [5.41, 5.74) is 2.67. The summed E-state index contributed by atoms with van der Waals surface area (Å²) >= 11 is 0. The van der Waals surface area contributed by atoms with Gasteiger partial charge in [0, 0.05) is 31.4 Å². The zero-order chi connectivity index (χ0) is 20.6. The number of rotatable bonds is 5. The van der Waals surface area contributed by atoms with Crippen molar-refractivity contribution in [2.24, 2.45) is 5.92 Å². The zero-order valence-electron chi connectivity index (χ0n) is 16.5. The van der Waals surface area contributed by atoms with Gasteiger partial charge in [0.15, 0.2) is 0 Å². The number of nitrogens with one attached hydrogen (secondary N) is 2. The largest absolute Gasteiger partial charge is 0.339 e. The minimum Gasteiger partial charge on any atom is -0.339 e. The lowest BCUT2D eigenvalue weighted by Crippen LogP contribution is -2.43. The number of anilines is 1. The standard InChI is InChI=1S/C23H26FN3O2/c1-17-4-11-21(12-5-17)26-23(29)25-15-19-3-2-14-27(16-19)22(28)13-8-18-6-9-20(24)10-7-18/h4-13,19H,2-3,14-16H2,1H3,(H2,25,26,29)/b13-8+. The van der Waals surface area contributed by atoms with Crippen LogP contribution in [0.3, 0.4) is 0 Å². The number of urea groups is 1. The van der Waals surface area contributed by atoms with Gasteiger partial charge in [0.2, 0.25) is 5.91 Å². The van der Waals surface area contributed by atoms with Crippen LogP contribution >= 0.6 is 0 Å². The summed E-state index contributed by atoms with van der Waals surface area (Å²) in [5.74, 6) is -0.148. The Bertz CT molecular complexity index is 863. The third kappa shape index (κ3) is 6.45. The second-order valence-corrected chi connectivity index (χ2v) is 7.38. The first-order valence-electron chi connectivity index (χ1n) is 9.84. The quantitative estimate of drug-likeness (QED) is 0.745. The smallest absolute Gasteiger partial charge is 0.319 e. The summed E-state index contributed by atoms with van der Waals surface area (Å²) in [6.07, 6.45) is 5.09. The van der Waals surface area contributed by atoms with E-state index in [4.69, 9.17) is 0 Å². The number of hydrogen-bond acceptors (Lipinski definition) is 2. The van der Waals surface area contributed by atoms with Crippen molar-refractivity contribution in [3.05, 3.63) is 71.6 Å². The van der Waals surface area contributed by atoms with Gasteiger partial charge in [-0.3, -0.25) is 4.79 Å². The maximum Gasteiger partial charge on any atom is 0.319 e. The van der Waals surface area contributed by atoms with E-state index in [1.165, 1.54) is 18.2 Å². The first-order chi connectivity index (χ1) is 14.0. The van der Waals surface area contributed by atoms with E-state index < -0.39 is 0 Å². The van der Waals surface area contributed by atoms with Crippen molar-refractivity contribution < 1.29 is 14.0 Å². The molecule has 152 valence electrons. The van der Waals surface area contributed by atoms with Crippen molar-refractivity contribution in [2.45, 2.75) is 19.8 Å². The maximum absolute atomic E-state index is 13.0. The van der Waals surface area contributed by atoms with Crippen LogP contribution in [0.1, 0.15) is 24.0 Å². The number of halogens is 1. The molecule has 0 radical (unpaired) electrons. The Morgan fingerprint density at radius 1 is 1.14 bits per heavy atom. The molecule has 2 aromatic rings. The predicted octanol–water partition coefficient (Wildman–Crippen LogP) is 4.21. The molecule has 1 fully saturated rings. The second-order valence-electron chi connectivity index (χ2n) is 7.38. The van der Waals surface area contributed by atoms with Crippen LogP contribution < -0.4 is 10.6 Å². The predicted molar refractivity (Wildman–Crippen MR) is 113 cm³/mol. The number of carbonyl (C=O) groups is 2. The van der Waals surface area contributed by atoms with E-state index in [1.807, 2.05) is 31.2 Å². The fourth-order valence-electron chi connectivity index (χ4n) is 3.33. The number of aryl methyl sites for hydroxylation is 1. The molecule has 1 saturated heterocycles. The Hall–Kier alpha value is -3.15. The molecule has 1 unspecified atom stereocenters. The van der Waals surface area contributed by atoms with Gasteiger partial charge < -0.3 is 15.5 Å². The molecule has 29 heavy (non-hydrogen) atoms. The van der Waals surface area contributed by atoms with Crippen LogP contribution in [0, 0.1) is 18.7 Å². The Morgan fingerprint density at radius 3 is 2.59 bits per heavy atom. The molecule has 1 aliphatic rings. The SMILES string of the molecule is Cc1ccc(NC(=O)NCC2CCCN(C(=O)/C=C/c3ccc(F)cc3)C2)cc1. The third-order valence-electron chi connectivity index (χ3n) is 4.98. The Balaban J connectivity index is 1.45. The summed E-state index contributed by atoms with van der Waals surface area (Å²) in [5, 5.41) is 5.71. The molecule has 0 spiro atoms. The van der Waals surface area contributed by atoms with Gasteiger partial charge in [-0.15, -0.1) is 0 Å². The summed E-state index contributed by atoms with van der Waals surface area (Å²) in [4.78, 5) is 26.4. The highest BCUT2D eigenvalue weighted by atomic mass is 19.1. The van der Waals surface area contributed by atoms with Gasteiger partial charge in [-0.25, -0.2) is 9.18 Å². The van der Waals surface area contributed by atoms with Gasteiger partial charge in [0.05, 0.1) is 0 Å². The van der Waals surface area contributed by atoms with Crippen molar-refractivity contribution in [1.29, 1.82) is 0 Å². The Kier molecular flexibility index (Phi) is 7.00. The van der Waals surface area contributed by atoms with Crippen LogP contribution in [-0.4, -0.2) is 36.5 Å². The molecule has 5 nitrogen and oxygen atoms in total. The molecule has 0 saturated carbocycles. The monoisotopic (exact) mass is 395 g/mol. The molecule has 6 heteroatoms. The number of hydrogen-bond donors (Lipinski definition) is 2. The summed E-state index contributed by atoms with van der Waals surface area (Å²) in [7, 11) is 0. The lowest BCUT2D eigenvalue weighted by molar-refractivity contribution is -0.127. The fourth-order valence-corrected chi connectivity index (χ4v) is 3.33. The van der Waals surface area contributed by atoms with Crippen LogP contribution in [0.2, 0.25) is 0 Å². The number of nitrogens with zero attached hydrogens (tertiary/aromatic N) is 1. The van der Waals surface area contributed by atoms with Crippen molar-refractivity contribution in [3.63, 3.8) is 0 Å². The van der Waals surface area contributed by atoms with Gasteiger partial charge in [-0.2, -0.15) is 0 Å². The minimum absolute atomic E-state index is 0.0665. The molecule has 3 rings (SSSR count). The van der Waals surface area contributed by atoms with Gasteiger partial charge >= 0.3 is 6.03 Å². The van der Waals surface area contributed by atoms with Gasteiger partial charge in [-0.05, 0) is 61.6 Å². The number of carbonyl (C=O) groups excluding carboxylic acids is 2. The number of amides is 3. The lowest BCUT2D eigenvalue weighted by Gasteiger charge is -2.32. The van der Waals surface area contributed by atoms with Gasteiger partial charge in [-0.1, -0.05) is 29.8 Å². The Morgan fingerprint density at radius 2 is 1.86 bits per heavy atom. The van der Waals surface area contributed by atoms with Crippen molar-refractivity contribution in [2.75, 3.05) is 25.0 Å². The molecule has 0 aromatic heterocycles. The number of benzene rings is 2. The second kappa shape index (κ2) is 9.87. The molecule has 0 bridgehead atoms. The zero-order valence-corrected chi connectivity index (χ0v) is 16.5. The molecule has 2 aromatic carbocycles. The molecule has 3 amide bonds. The van der Waals surface area contributed by atoms with E-state index in [2.05, 4.69) is 10.6 Å². The van der Waals surface area contributed by atoms with Crippen LogP contribution in [0.4, 0.5) is 14.9 Å². The van der Waals surface area contributed by atoms with Crippen LogP contribution in [0.15, 0.2) is 54.6 Å². The van der Waals surface area contributed by atoms with Crippen molar-refractivity contribution in [1.82, 2.24) is 10.2 Å². The Labute approximate surface area is 170 Å². The average Bonchev–Trinajstić information content (AvgIpc) is 2.73. The summed E-state index contributed by atoms with van der Waals surface area (Å²) < 4.78 is 13.0. The lowest BCUT2D eigenvalue weighted by atomic mass is 9.98. The molecular weight excluding hydrogens is 369 g/mol. The highest BCUT2D eigenvalue weighted by molar-refractivity contribution is 5.92. The highest BCUT2D eigenvalue weighted by Crippen LogP contribution is 2.17. The first-order valence-corrected chi connectivity index (χ1v) is 9.84. The molecule has 0 aliphatic carbocycles. The fraction of sp³-hybridized carbons (Fsp3) is 0.304. The summed E-state index contributed by atoms with van der Waals surface area (Å²) in [6, 6.07) is 13.4. The molecule has 1 heterocycles. The minimum atomic E-state index is -0.300. The molecule has 2 N–H and O–H groups in total. The first kappa shape index (κ1) is 20.6. The van der Waals surface area contributed by atoms with Gasteiger partial charge in [0.1, 0.15) is 5.82 Å². The van der Waals surface area contributed by atoms with Crippen LogP contribution in [0.5, 0.6) is 0 Å². The van der Waals surface area contributed by atoms with E-state index >= 15 is 0 Å². The highest BCUT2D eigenvalue weighted by Gasteiger charge is 2.22. The van der Waals surface area contributed by atoms with E-state index in [-0.39, 0.29) is 23.7 Å². The summed E-state index contributed by atoms with van der Waals surface area (Å²) in [6.45, 7) is 3.83.